The standard InChI is InChI=1S/C11H15NO3S/c1-9-6-10(2)8-11(7-9)16(13,14)12-4-3-5-15-12/h6-8H,3-5H2,1-2H3. The lowest BCUT2D eigenvalue weighted by molar-refractivity contribution is -0.0284. The van der Waals surface area contributed by atoms with E-state index in [-0.39, 0.29) is 0 Å². The van der Waals surface area contributed by atoms with Gasteiger partial charge < -0.3 is 0 Å². The highest BCUT2D eigenvalue weighted by molar-refractivity contribution is 7.89. The summed E-state index contributed by atoms with van der Waals surface area (Å²) in [6.45, 7) is 4.69. The van der Waals surface area contributed by atoms with Gasteiger partial charge in [0.1, 0.15) is 0 Å². The van der Waals surface area contributed by atoms with Crippen LogP contribution in [0.15, 0.2) is 23.1 Å². The predicted molar refractivity (Wildman–Crippen MR) is 60.4 cm³/mol. The maximum absolute atomic E-state index is 12.1. The van der Waals surface area contributed by atoms with Gasteiger partial charge in [-0.1, -0.05) is 10.5 Å². The van der Waals surface area contributed by atoms with Gasteiger partial charge in [0.15, 0.2) is 0 Å². The zero-order valence-corrected chi connectivity index (χ0v) is 10.3. The molecule has 0 aliphatic carbocycles. The number of sulfonamides is 1. The first-order valence-electron chi connectivity index (χ1n) is 5.24. The summed E-state index contributed by atoms with van der Waals surface area (Å²) in [5.41, 5.74) is 1.88. The third-order valence-electron chi connectivity index (χ3n) is 2.48. The Morgan fingerprint density at radius 2 is 1.81 bits per heavy atom. The van der Waals surface area contributed by atoms with Gasteiger partial charge in [-0.05, 0) is 43.5 Å². The topological polar surface area (TPSA) is 46.6 Å². The van der Waals surface area contributed by atoms with Gasteiger partial charge in [-0.25, -0.2) is 8.42 Å². The van der Waals surface area contributed by atoms with Crippen molar-refractivity contribution in [1.82, 2.24) is 4.47 Å². The number of benzene rings is 1. The molecule has 0 radical (unpaired) electrons. The molecule has 1 aromatic rings. The fraction of sp³-hybridized carbons (Fsp3) is 0.455. The molecule has 0 atom stereocenters. The Labute approximate surface area is 95.8 Å². The Morgan fingerprint density at radius 1 is 1.19 bits per heavy atom. The number of aryl methyl sites for hydroxylation is 2. The molecule has 0 bridgehead atoms. The largest absolute Gasteiger partial charge is 0.284 e. The lowest BCUT2D eigenvalue weighted by Crippen LogP contribution is -2.26. The summed E-state index contributed by atoms with van der Waals surface area (Å²) in [5.74, 6) is 0. The fourth-order valence-electron chi connectivity index (χ4n) is 1.81. The zero-order chi connectivity index (χ0) is 11.8. The quantitative estimate of drug-likeness (QED) is 0.790. The van der Waals surface area contributed by atoms with Crippen molar-refractivity contribution in [2.45, 2.75) is 25.2 Å². The van der Waals surface area contributed by atoms with Crippen LogP contribution >= 0.6 is 0 Å². The maximum Gasteiger partial charge on any atom is 0.265 e. The monoisotopic (exact) mass is 241 g/mol. The van der Waals surface area contributed by atoms with Gasteiger partial charge in [0.2, 0.25) is 0 Å². The summed E-state index contributed by atoms with van der Waals surface area (Å²) < 4.78 is 25.4. The van der Waals surface area contributed by atoms with Gasteiger partial charge in [-0.3, -0.25) is 4.84 Å². The van der Waals surface area contributed by atoms with Crippen LogP contribution in [0.1, 0.15) is 17.5 Å². The van der Waals surface area contributed by atoms with Crippen molar-refractivity contribution in [2.24, 2.45) is 0 Å². The number of hydroxylamine groups is 1. The second kappa shape index (κ2) is 4.16. The first-order valence-corrected chi connectivity index (χ1v) is 6.68. The molecule has 1 aromatic carbocycles. The molecule has 16 heavy (non-hydrogen) atoms. The molecular weight excluding hydrogens is 226 g/mol. The SMILES string of the molecule is Cc1cc(C)cc(S(=O)(=O)N2CCCO2)c1. The summed E-state index contributed by atoms with van der Waals surface area (Å²) in [6.07, 6.45) is 0.754. The molecule has 0 saturated carbocycles. The fourth-order valence-corrected chi connectivity index (χ4v) is 3.30. The highest BCUT2D eigenvalue weighted by Gasteiger charge is 2.28. The Balaban J connectivity index is 2.42. The molecule has 1 fully saturated rings. The number of hydrogen-bond acceptors (Lipinski definition) is 3. The summed E-state index contributed by atoms with van der Waals surface area (Å²) in [4.78, 5) is 5.41. The van der Waals surface area contributed by atoms with Crippen LogP contribution < -0.4 is 0 Å². The summed E-state index contributed by atoms with van der Waals surface area (Å²) in [7, 11) is -3.47. The van der Waals surface area contributed by atoms with E-state index >= 15 is 0 Å². The third kappa shape index (κ3) is 2.11. The van der Waals surface area contributed by atoms with Crippen LogP contribution in [-0.2, 0) is 14.9 Å². The van der Waals surface area contributed by atoms with Gasteiger partial charge in [0.25, 0.3) is 10.0 Å². The van der Waals surface area contributed by atoms with Crippen LogP contribution in [-0.4, -0.2) is 26.0 Å². The molecule has 1 aliphatic heterocycles. The lowest BCUT2D eigenvalue weighted by atomic mass is 10.2. The maximum atomic E-state index is 12.1. The molecular formula is C11H15NO3S. The predicted octanol–water partition coefficient (Wildman–Crippen LogP) is 1.63. The van der Waals surface area contributed by atoms with E-state index in [1.807, 2.05) is 19.9 Å². The van der Waals surface area contributed by atoms with Crippen LogP contribution in [0.4, 0.5) is 0 Å². The van der Waals surface area contributed by atoms with Crippen LogP contribution in [0.25, 0.3) is 0 Å². The van der Waals surface area contributed by atoms with E-state index in [9.17, 15) is 8.42 Å². The van der Waals surface area contributed by atoms with Gasteiger partial charge in [0, 0.05) is 6.54 Å². The molecule has 1 heterocycles. The average molecular weight is 241 g/mol. The number of nitrogens with zero attached hydrogens (tertiary/aromatic N) is 1. The Kier molecular flexibility index (Phi) is 3.01. The molecule has 0 N–H and O–H groups in total. The molecule has 0 aromatic heterocycles. The Morgan fingerprint density at radius 3 is 2.31 bits per heavy atom. The molecule has 5 heteroatoms. The Hall–Kier alpha value is -0.910. The molecule has 0 unspecified atom stereocenters. The van der Waals surface area contributed by atoms with E-state index in [1.165, 1.54) is 0 Å². The minimum absolute atomic E-state index is 0.312. The number of hydrogen-bond donors (Lipinski definition) is 0. The molecule has 0 spiro atoms. The molecule has 1 saturated heterocycles. The van der Waals surface area contributed by atoms with Crippen LogP contribution in [0.2, 0.25) is 0 Å². The highest BCUT2D eigenvalue weighted by atomic mass is 32.2. The van der Waals surface area contributed by atoms with E-state index in [4.69, 9.17) is 4.84 Å². The molecule has 0 amide bonds. The van der Waals surface area contributed by atoms with E-state index in [0.717, 1.165) is 22.0 Å². The summed E-state index contributed by atoms with van der Waals surface area (Å²) in [6, 6.07) is 5.29. The minimum atomic E-state index is -3.47. The van der Waals surface area contributed by atoms with E-state index in [2.05, 4.69) is 0 Å². The van der Waals surface area contributed by atoms with Crippen LogP contribution in [0.5, 0.6) is 0 Å². The zero-order valence-electron chi connectivity index (χ0n) is 9.43. The van der Waals surface area contributed by atoms with Crippen LogP contribution in [0, 0.1) is 13.8 Å². The molecule has 88 valence electrons. The van der Waals surface area contributed by atoms with Crippen molar-refractivity contribution in [3.8, 4) is 0 Å². The second-order valence-electron chi connectivity index (χ2n) is 4.04. The summed E-state index contributed by atoms with van der Waals surface area (Å²) in [5, 5.41) is 0. The van der Waals surface area contributed by atoms with Crippen molar-refractivity contribution in [3.63, 3.8) is 0 Å². The lowest BCUT2D eigenvalue weighted by Gasteiger charge is -2.15. The minimum Gasteiger partial charge on any atom is -0.284 e. The van der Waals surface area contributed by atoms with Gasteiger partial charge in [-0.15, -0.1) is 0 Å². The van der Waals surface area contributed by atoms with Crippen molar-refractivity contribution in [3.05, 3.63) is 29.3 Å². The summed E-state index contributed by atoms with van der Waals surface area (Å²) >= 11 is 0. The van der Waals surface area contributed by atoms with E-state index in [0.29, 0.717) is 18.0 Å². The van der Waals surface area contributed by atoms with Gasteiger partial charge >= 0.3 is 0 Å². The van der Waals surface area contributed by atoms with Crippen molar-refractivity contribution in [1.29, 1.82) is 0 Å². The number of rotatable bonds is 2. The smallest absolute Gasteiger partial charge is 0.265 e. The molecule has 2 rings (SSSR count). The van der Waals surface area contributed by atoms with Gasteiger partial charge in [-0.2, -0.15) is 0 Å². The van der Waals surface area contributed by atoms with Gasteiger partial charge in [0.05, 0.1) is 11.5 Å². The Bertz CT molecular complexity index is 470. The van der Waals surface area contributed by atoms with E-state index < -0.39 is 10.0 Å². The van der Waals surface area contributed by atoms with E-state index in [1.54, 1.807) is 12.1 Å². The molecule has 4 nitrogen and oxygen atoms in total. The normalized spacial score (nSPS) is 17.9. The van der Waals surface area contributed by atoms with Crippen molar-refractivity contribution < 1.29 is 13.3 Å². The second-order valence-corrected chi connectivity index (χ2v) is 5.87. The van der Waals surface area contributed by atoms with Crippen LogP contribution in [0.3, 0.4) is 0 Å². The third-order valence-corrected chi connectivity index (χ3v) is 4.14. The first kappa shape index (κ1) is 11.6. The first-order chi connectivity index (χ1) is 7.50. The highest BCUT2D eigenvalue weighted by Crippen LogP contribution is 2.21. The van der Waals surface area contributed by atoms with Crippen molar-refractivity contribution in [2.75, 3.05) is 13.2 Å². The average Bonchev–Trinajstić information content (AvgIpc) is 2.69. The molecule has 1 aliphatic rings. The van der Waals surface area contributed by atoms with Crippen molar-refractivity contribution >= 4 is 10.0 Å².